The standard InChI is InChI=1S/C9H16N2O/c1-2-9(12)11-7-3-4-8(11)5-6-10/h2,8H,1,3-7,10H2. The van der Waals surface area contributed by atoms with Gasteiger partial charge in [0.2, 0.25) is 5.91 Å². The van der Waals surface area contributed by atoms with Crippen molar-refractivity contribution in [2.24, 2.45) is 5.73 Å². The summed E-state index contributed by atoms with van der Waals surface area (Å²) >= 11 is 0. The molecule has 0 spiro atoms. The Hall–Kier alpha value is -0.830. The van der Waals surface area contributed by atoms with Crippen LogP contribution in [0.2, 0.25) is 0 Å². The van der Waals surface area contributed by atoms with E-state index in [1.807, 2.05) is 4.90 Å². The van der Waals surface area contributed by atoms with Gasteiger partial charge in [0, 0.05) is 12.6 Å². The molecular weight excluding hydrogens is 152 g/mol. The van der Waals surface area contributed by atoms with Crippen LogP contribution >= 0.6 is 0 Å². The van der Waals surface area contributed by atoms with Crippen molar-refractivity contribution in [3.05, 3.63) is 12.7 Å². The summed E-state index contributed by atoms with van der Waals surface area (Å²) in [5.74, 6) is 0.0472. The molecule has 1 rings (SSSR count). The fourth-order valence-electron chi connectivity index (χ4n) is 1.74. The highest BCUT2D eigenvalue weighted by Gasteiger charge is 2.25. The lowest BCUT2D eigenvalue weighted by Crippen LogP contribution is -2.35. The molecule has 1 heterocycles. The van der Waals surface area contributed by atoms with Crippen molar-refractivity contribution < 1.29 is 4.79 Å². The van der Waals surface area contributed by atoms with Gasteiger partial charge in [-0.25, -0.2) is 0 Å². The average Bonchev–Trinajstić information content (AvgIpc) is 2.52. The summed E-state index contributed by atoms with van der Waals surface area (Å²) < 4.78 is 0. The van der Waals surface area contributed by atoms with Gasteiger partial charge in [-0.05, 0) is 31.9 Å². The van der Waals surface area contributed by atoms with Crippen LogP contribution in [0.5, 0.6) is 0 Å². The van der Waals surface area contributed by atoms with Crippen LogP contribution in [0.4, 0.5) is 0 Å². The van der Waals surface area contributed by atoms with Gasteiger partial charge in [0.1, 0.15) is 0 Å². The molecule has 2 N–H and O–H groups in total. The van der Waals surface area contributed by atoms with Gasteiger partial charge in [-0.3, -0.25) is 4.79 Å². The van der Waals surface area contributed by atoms with Crippen LogP contribution in [0.1, 0.15) is 19.3 Å². The number of hydrogen-bond donors (Lipinski definition) is 1. The smallest absolute Gasteiger partial charge is 0.246 e. The highest BCUT2D eigenvalue weighted by molar-refractivity contribution is 5.87. The molecule has 1 aliphatic heterocycles. The van der Waals surface area contributed by atoms with E-state index < -0.39 is 0 Å². The molecule has 1 saturated heterocycles. The third-order valence-corrected chi connectivity index (χ3v) is 2.33. The predicted octanol–water partition coefficient (Wildman–Crippen LogP) is 0.512. The zero-order valence-corrected chi connectivity index (χ0v) is 7.33. The molecule has 68 valence electrons. The summed E-state index contributed by atoms with van der Waals surface area (Å²) in [5, 5.41) is 0. The molecule has 3 heteroatoms. The van der Waals surface area contributed by atoms with Crippen molar-refractivity contribution in [3.63, 3.8) is 0 Å². The third-order valence-electron chi connectivity index (χ3n) is 2.33. The number of likely N-dealkylation sites (tertiary alicyclic amines) is 1. The molecule has 0 aromatic carbocycles. The SMILES string of the molecule is C=CC(=O)N1CCCC1CCN. The first-order valence-electron chi connectivity index (χ1n) is 4.42. The van der Waals surface area contributed by atoms with Crippen molar-refractivity contribution in [2.75, 3.05) is 13.1 Å². The second-order valence-electron chi connectivity index (χ2n) is 3.11. The molecule has 0 aromatic rings. The van der Waals surface area contributed by atoms with E-state index in [9.17, 15) is 4.79 Å². The summed E-state index contributed by atoms with van der Waals surface area (Å²) in [6.45, 7) is 5.01. The molecule has 1 fully saturated rings. The van der Waals surface area contributed by atoms with Crippen molar-refractivity contribution in [1.29, 1.82) is 0 Å². The number of hydrogen-bond acceptors (Lipinski definition) is 2. The minimum atomic E-state index is 0.0472. The first-order chi connectivity index (χ1) is 5.79. The second kappa shape index (κ2) is 4.26. The van der Waals surface area contributed by atoms with Gasteiger partial charge in [0.15, 0.2) is 0 Å². The Morgan fingerprint density at radius 1 is 1.75 bits per heavy atom. The van der Waals surface area contributed by atoms with E-state index in [4.69, 9.17) is 5.73 Å². The Morgan fingerprint density at radius 3 is 3.08 bits per heavy atom. The molecule has 0 bridgehead atoms. The summed E-state index contributed by atoms with van der Waals surface area (Å²) in [5.41, 5.74) is 5.45. The van der Waals surface area contributed by atoms with E-state index in [0.717, 1.165) is 25.8 Å². The van der Waals surface area contributed by atoms with Gasteiger partial charge in [-0.1, -0.05) is 6.58 Å². The predicted molar refractivity (Wildman–Crippen MR) is 48.6 cm³/mol. The van der Waals surface area contributed by atoms with Crippen LogP contribution < -0.4 is 5.73 Å². The zero-order chi connectivity index (χ0) is 8.97. The number of nitrogens with two attached hydrogens (primary N) is 1. The Morgan fingerprint density at radius 2 is 2.50 bits per heavy atom. The first-order valence-corrected chi connectivity index (χ1v) is 4.42. The Bertz CT molecular complexity index is 179. The fraction of sp³-hybridized carbons (Fsp3) is 0.667. The molecule has 12 heavy (non-hydrogen) atoms. The number of amides is 1. The van der Waals surface area contributed by atoms with Crippen molar-refractivity contribution >= 4 is 5.91 Å². The number of nitrogens with zero attached hydrogens (tertiary/aromatic N) is 1. The lowest BCUT2D eigenvalue weighted by Gasteiger charge is -2.22. The highest BCUT2D eigenvalue weighted by atomic mass is 16.2. The lowest BCUT2D eigenvalue weighted by molar-refractivity contribution is -0.126. The number of carbonyl (C=O) groups excluding carboxylic acids is 1. The topological polar surface area (TPSA) is 46.3 Å². The molecule has 0 aliphatic carbocycles. The zero-order valence-electron chi connectivity index (χ0n) is 7.33. The van der Waals surface area contributed by atoms with E-state index >= 15 is 0 Å². The maximum absolute atomic E-state index is 11.3. The van der Waals surface area contributed by atoms with Gasteiger partial charge in [-0.2, -0.15) is 0 Å². The molecule has 1 unspecified atom stereocenters. The Kier molecular flexibility index (Phi) is 3.29. The van der Waals surface area contributed by atoms with Gasteiger partial charge in [0.05, 0.1) is 0 Å². The number of rotatable bonds is 3. The summed E-state index contributed by atoms with van der Waals surface area (Å²) in [4.78, 5) is 13.1. The van der Waals surface area contributed by atoms with E-state index in [1.165, 1.54) is 6.08 Å². The molecule has 1 atom stereocenters. The highest BCUT2D eigenvalue weighted by Crippen LogP contribution is 2.19. The van der Waals surface area contributed by atoms with Crippen molar-refractivity contribution in [1.82, 2.24) is 4.90 Å². The Labute approximate surface area is 73.2 Å². The summed E-state index contributed by atoms with van der Waals surface area (Å²) in [6, 6.07) is 0.362. The van der Waals surface area contributed by atoms with E-state index in [1.54, 1.807) is 0 Å². The van der Waals surface area contributed by atoms with Crippen LogP contribution in [0.25, 0.3) is 0 Å². The average molecular weight is 168 g/mol. The monoisotopic (exact) mass is 168 g/mol. The van der Waals surface area contributed by atoms with E-state index in [2.05, 4.69) is 6.58 Å². The van der Waals surface area contributed by atoms with Gasteiger partial charge < -0.3 is 10.6 Å². The van der Waals surface area contributed by atoms with Crippen LogP contribution in [0.15, 0.2) is 12.7 Å². The minimum absolute atomic E-state index is 0.0472. The molecule has 0 saturated carbocycles. The maximum Gasteiger partial charge on any atom is 0.246 e. The van der Waals surface area contributed by atoms with Gasteiger partial charge in [-0.15, -0.1) is 0 Å². The largest absolute Gasteiger partial charge is 0.336 e. The van der Waals surface area contributed by atoms with Gasteiger partial charge >= 0.3 is 0 Å². The lowest BCUT2D eigenvalue weighted by atomic mass is 10.1. The van der Waals surface area contributed by atoms with Crippen LogP contribution in [-0.2, 0) is 4.79 Å². The quantitative estimate of drug-likeness (QED) is 0.624. The Balaban J connectivity index is 2.51. The van der Waals surface area contributed by atoms with E-state index in [-0.39, 0.29) is 5.91 Å². The summed E-state index contributed by atoms with van der Waals surface area (Å²) in [6.07, 6.45) is 4.50. The van der Waals surface area contributed by atoms with Crippen molar-refractivity contribution in [3.8, 4) is 0 Å². The van der Waals surface area contributed by atoms with Gasteiger partial charge in [0.25, 0.3) is 0 Å². The van der Waals surface area contributed by atoms with E-state index in [0.29, 0.717) is 12.6 Å². The minimum Gasteiger partial charge on any atom is -0.336 e. The summed E-state index contributed by atoms with van der Waals surface area (Å²) in [7, 11) is 0. The molecule has 1 aliphatic rings. The third kappa shape index (κ3) is 1.85. The molecule has 3 nitrogen and oxygen atoms in total. The molecule has 0 radical (unpaired) electrons. The molecule has 0 aromatic heterocycles. The second-order valence-corrected chi connectivity index (χ2v) is 3.11. The maximum atomic E-state index is 11.3. The van der Waals surface area contributed by atoms with Crippen LogP contribution in [0, 0.1) is 0 Å². The first kappa shape index (κ1) is 9.26. The fourth-order valence-corrected chi connectivity index (χ4v) is 1.74. The normalized spacial score (nSPS) is 22.8. The molecule has 1 amide bonds. The van der Waals surface area contributed by atoms with Crippen molar-refractivity contribution in [2.45, 2.75) is 25.3 Å². The number of carbonyl (C=O) groups is 1. The van der Waals surface area contributed by atoms with Crippen LogP contribution in [0.3, 0.4) is 0 Å². The molecular formula is C9H16N2O. The van der Waals surface area contributed by atoms with Crippen LogP contribution in [-0.4, -0.2) is 29.9 Å².